The van der Waals surface area contributed by atoms with E-state index >= 15 is 0 Å². The summed E-state index contributed by atoms with van der Waals surface area (Å²) in [5, 5.41) is 0. The largest absolute Gasteiger partial charge is 0.454 e. The molecule has 1 aromatic carbocycles. The van der Waals surface area contributed by atoms with Crippen molar-refractivity contribution < 1.29 is 9.47 Å². The highest BCUT2D eigenvalue weighted by atomic mass is 127. The van der Waals surface area contributed by atoms with E-state index < -0.39 is 0 Å². The molecule has 3 heteroatoms. The van der Waals surface area contributed by atoms with Crippen molar-refractivity contribution in [1.82, 2.24) is 0 Å². The van der Waals surface area contributed by atoms with E-state index in [0.29, 0.717) is 6.79 Å². The van der Waals surface area contributed by atoms with Crippen LogP contribution in [0.5, 0.6) is 11.5 Å². The highest BCUT2D eigenvalue weighted by Crippen LogP contribution is 2.40. The van der Waals surface area contributed by atoms with E-state index in [1.54, 1.807) is 0 Å². The quantitative estimate of drug-likeness (QED) is 0.575. The number of halogens is 1. The monoisotopic (exact) mass is 330 g/mol. The van der Waals surface area contributed by atoms with Crippen LogP contribution in [0.1, 0.15) is 37.2 Å². The molecule has 1 aliphatic carbocycles. The van der Waals surface area contributed by atoms with Gasteiger partial charge in [-0.15, -0.1) is 0 Å². The van der Waals surface area contributed by atoms with E-state index in [2.05, 4.69) is 34.7 Å². The van der Waals surface area contributed by atoms with Crippen LogP contribution in [0.15, 0.2) is 18.2 Å². The molecule has 1 heterocycles. The SMILES string of the molecule is IC1CCC(c2ccc3c(c2)OCO3)CC1. The first-order valence-corrected chi connectivity index (χ1v) is 7.11. The molecular formula is C13H15IO2. The zero-order chi connectivity index (χ0) is 11.0. The summed E-state index contributed by atoms with van der Waals surface area (Å²) < 4.78 is 11.6. The van der Waals surface area contributed by atoms with Crippen molar-refractivity contribution in [3.05, 3.63) is 23.8 Å². The Bertz CT molecular complexity index is 384. The van der Waals surface area contributed by atoms with Crippen LogP contribution in [0.4, 0.5) is 0 Å². The van der Waals surface area contributed by atoms with E-state index in [1.165, 1.54) is 31.2 Å². The van der Waals surface area contributed by atoms with Gasteiger partial charge in [-0.1, -0.05) is 28.7 Å². The number of benzene rings is 1. The highest BCUT2D eigenvalue weighted by Gasteiger charge is 2.22. The van der Waals surface area contributed by atoms with E-state index in [4.69, 9.17) is 9.47 Å². The molecular weight excluding hydrogens is 315 g/mol. The first-order valence-electron chi connectivity index (χ1n) is 5.86. The molecule has 0 aromatic heterocycles. The van der Waals surface area contributed by atoms with Crippen LogP contribution in [-0.2, 0) is 0 Å². The molecule has 1 fully saturated rings. The van der Waals surface area contributed by atoms with Crippen molar-refractivity contribution in [1.29, 1.82) is 0 Å². The molecule has 1 aliphatic heterocycles. The zero-order valence-electron chi connectivity index (χ0n) is 9.12. The van der Waals surface area contributed by atoms with E-state index in [0.717, 1.165) is 21.3 Å². The molecule has 86 valence electrons. The molecule has 0 unspecified atom stereocenters. The average Bonchev–Trinajstić information content (AvgIpc) is 2.77. The fraction of sp³-hybridized carbons (Fsp3) is 0.538. The van der Waals surface area contributed by atoms with Crippen molar-refractivity contribution in [2.24, 2.45) is 0 Å². The Hall–Kier alpha value is -0.450. The number of fused-ring (bicyclic) bond motifs is 1. The fourth-order valence-electron chi connectivity index (χ4n) is 2.55. The predicted octanol–water partition coefficient (Wildman–Crippen LogP) is 3.88. The first kappa shape index (κ1) is 10.7. The van der Waals surface area contributed by atoms with Gasteiger partial charge < -0.3 is 9.47 Å². The summed E-state index contributed by atoms with van der Waals surface area (Å²) in [6.07, 6.45) is 5.32. The number of rotatable bonds is 1. The lowest BCUT2D eigenvalue weighted by atomic mass is 9.84. The van der Waals surface area contributed by atoms with Gasteiger partial charge in [0, 0.05) is 3.92 Å². The molecule has 0 amide bonds. The van der Waals surface area contributed by atoms with Crippen molar-refractivity contribution >= 4 is 22.6 Å². The van der Waals surface area contributed by atoms with Gasteiger partial charge in [-0.25, -0.2) is 0 Å². The third-order valence-electron chi connectivity index (χ3n) is 3.52. The van der Waals surface area contributed by atoms with Crippen LogP contribution in [0, 0.1) is 0 Å². The molecule has 1 aromatic rings. The van der Waals surface area contributed by atoms with E-state index in [1.807, 2.05) is 6.07 Å². The normalized spacial score (nSPS) is 28.1. The standard InChI is InChI=1S/C13H15IO2/c14-11-4-1-9(2-5-11)10-3-6-12-13(7-10)16-8-15-12/h3,6-7,9,11H,1-2,4-5,8H2. The van der Waals surface area contributed by atoms with Gasteiger partial charge in [0.2, 0.25) is 6.79 Å². The third kappa shape index (κ3) is 2.01. The lowest BCUT2D eigenvalue weighted by Crippen LogP contribution is -2.12. The second-order valence-electron chi connectivity index (χ2n) is 4.56. The summed E-state index contributed by atoms with van der Waals surface area (Å²) in [4.78, 5) is 0. The highest BCUT2D eigenvalue weighted by molar-refractivity contribution is 14.1. The molecule has 0 N–H and O–H groups in total. The smallest absolute Gasteiger partial charge is 0.231 e. The fourth-order valence-corrected chi connectivity index (χ4v) is 3.27. The van der Waals surface area contributed by atoms with Crippen LogP contribution < -0.4 is 9.47 Å². The molecule has 0 atom stereocenters. The summed E-state index contributed by atoms with van der Waals surface area (Å²) >= 11 is 2.57. The van der Waals surface area contributed by atoms with Crippen LogP contribution in [0.2, 0.25) is 0 Å². The van der Waals surface area contributed by atoms with Crippen molar-refractivity contribution in [2.75, 3.05) is 6.79 Å². The van der Waals surface area contributed by atoms with Gasteiger partial charge in [-0.05, 0) is 49.3 Å². The lowest BCUT2D eigenvalue weighted by Gasteiger charge is -2.25. The molecule has 1 saturated carbocycles. The van der Waals surface area contributed by atoms with Crippen molar-refractivity contribution in [3.63, 3.8) is 0 Å². The molecule has 0 radical (unpaired) electrons. The van der Waals surface area contributed by atoms with Crippen molar-refractivity contribution in [2.45, 2.75) is 35.5 Å². The van der Waals surface area contributed by atoms with Gasteiger partial charge in [0.05, 0.1) is 0 Å². The zero-order valence-corrected chi connectivity index (χ0v) is 11.3. The summed E-state index contributed by atoms with van der Waals surface area (Å²) in [7, 11) is 0. The molecule has 16 heavy (non-hydrogen) atoms. The molecule has 2 aliphatic rings. The van der Waals surface area contributed by atoms with E-state index in [-0.39, 0.29) is 0 Å². The molecule has 0 spiro atoms. The Morgan fingerprint density at radius 3 is 2.56 bits per heavy atom. The number of hydrogen-bond donors (Lipinski definition) is 0. The van der Waals surface area contributed by atoms with Crippen molar-refractivity contribution in [3.8, 4) is 11.5 Å². The minimum atomic E-state index is 0.374. The number of alkyl halides is 1. The second kappa shape index (κ2) is 4.43. The first-order chi connectivity index (χ1) is 7.83. The minimum Gasteiger partial charge on any atom is -0.454 e. The molecule has 2 nitrogen and oxygen atoms in total. The third-order valence-corrected chi connectivity index (χ3v) is 4.77. The topological polar surface area (TPSA) is 18.5 Å². The van der Waals surface area contributed by atoms with Gasteiger partial charge in [0.1, 0.15) is 0 Å². The number of ether oxygens (including phenoxy) is 2. The average molecular weight is 330 g/mol. The predicted molar refractivity (Wildman–Crippen MR) is 71.6 cm³/mol. The van der Waals surface area contributed by atoms with E-state index in [9.17, 15) is 0 Å². The summed E-state index contributed by atoms with van der Waals surface area (Å²) in [6.45, 7) is 0.374. The Kier molecular flexibility index (Phi) is 2.96. The second-order valence-corrected chi connectivity index (χ2v) is 6.32. The Morgan fingerprint density at radius 1 is 1.00 bits per heavy atom. The minimum absolute atomic E-state index is 0.374. The van der Waals surface area contributed by atoms with Gasteiger partial charge >= 0.3 is 0 Å². The van der Waals surface area contributed by atoms with Crippen LogP contribution in [-0.4, -0.2) is 10.7 Å². The Morgan fingerprint density at radius 2 is 1.75 bits per heavy atom. The summed E-state index contributed by atoms with van der Waals surface area (Å²) in [6, 6.07) is 6.42. The van der Waals surface area contributed by atoms with Gasteiger partial charge in [0.15, 0.2) is 11.5 Å². The van der Waals surface area contributed by atoms with Crippen LogP contribution in [0.25, 0.3) is 0 Å². The van der Waals surface area contributed by atoms with Gasteiger partial charge in [0.25, 0.3) is 0 Å². The Labute approximate surface area is 109 Å². The maximum atomic E-state index is 5.43. The molecule has 0 saturated heterocycles. The van der Waals surface area contributed by atoms with Crippen LogP contribution in [0.3, 0.4) is 0 Å². The van der Waals surface area contributed by atoms with Gasteiger partial charge in [-0.3, -0.25) is 0 Å². The summed E-state index contributed by atoms with van der Waals surface area (Å²) in [5.74, 6) is 2.54. The van der Waals surface area contributed by atoms with Gasteiger partial charge in [-0.2, -0.15) is 0 Å². The Balaban J connectivity index is 1.79. The maximum Gasteiger partial charge on any atom is 0.231 e. The maximum absolute atomic E-state index is 5.43. The number of hydrogen-bond acceptors (Lipinski definition) is 2. The molecule has 3 rings (SSSR count). The van der Waals surface area contributed by atoms with Crippen LogP contribution >= 0.6 is 22.6 Å². The lowest BCUT2D eigenvalue weighted by molar-refractivity contribution is 0.174. The molecule has 0 bridgehead atoms. The summed E-state index contributed by atoms with van der Waals surface area (Å²) in [5.41, 5.74) is 1.42.